The Balaban J connectivity index is 0.946. The van der Waals surface area contributed by atoms with Gasteiger partial charge in [-0.05, 0) is 111 Å². The minimum absolute atomic E-state index is 0.169. The van der Waals surface area contributed by atoms with Crippen LogP contribution < -0.4 is 9.80 Å². The van der Waals surface area contributed by atoms with E-state index in [0.717, 1.165) is 25.7 Å². The van der Waals surface area contributed by atoms with Gasteiger partial charge in [0.15, 0.2) is 0 Å². The molecule has 4 aromatic carbocycles. The van der Waals surface area contributed by atoms with E-state index in [9.17, 15) is 0 Å². The van der Waals surface area contributed by atoms with Gasteiger partial charge >= 0.3 is 0 Å². The Hall–Kier alpha value is -2.82. The summed E-state index contributed by atoms with van der Waals surface area (Å²) < 4.78 is 31.7. The summed E-state index contributed by atoms with van der Waals surface area (Å²) in [5.74, 6) is 0.948. The van der Waals surface area contributed by atoms with E-state index in [4.69, 9.17) is 18.9 Å². The summed E-state index contributed by atoms with van der Waals surface area (Å²) in [6.45, 7) is 0. The number of benzene rings is 4. The fourth-order valence-electron chi connectivity index (χ4n) is 16.8. The molecule has 8 heteroatoms. The van der Waals surface area contributed by atoms with E-state index in [1.165, 1.54) is 61.0 Å². The molecule has 5 saturated carbocycles. The molecule has 11 aliphatic rings. The van der Waals surface area contributed by atoms with Crippen molar-refractivity contribution in [2.75, 3.05) is 9.80 Å². The van der Waals surface area contributed by atoms with Crippen LogP contribution in [-0.2, 0) is 18.9 Å². The molecule has 6 aliphatic heterocycles. The average Bonchev–Trinajstić information content (AvgIpc) is 3.33. The maximum Gasteiger partial charge on any atom is 0.0877 e. The Morgan fingerprint density at radius 2 is 0.742 bits per heavy atom. The number of fused-ring (bicyclic) bond motifs is 2. The quantitative estimate of drug-likeness (QED) is 0.191. The van der Waals surface area contributed by atoms with Crippen molar-refractivity contribution in [2.45, 2.75) is 183 Å². The van der Waals surface area contributed by atoms with Crippen LogP contribution in [-0.4, -0.2) is 107 Å². The van der Waals surface area contributed by atoms with Gasteiger partial charge in [-0.3, -0.25) is 0 Å². The minimum atomic E-state index is -0.431. The molecule has 0 radical (unpaired) electrons. The van der Waals surface area contributed by atoms with Crippen LogP contribution in [0.5, 0.6) is 0 Å². The van der Waals surface area contributed by atoms with Gasteiger partial charge < -0.3 is 28.7 Å². The Morgan fingerprint density at radius 3 is 1.15 bits per heavy atom. The molecule has 15 rings (SSSR count). The molecule has 0 spiro atoms. The van der Waals surface area contributed by atoms with E-state index >= 15 is 0 Å². The summed E-state index contributed by atoms with van der Waals surface area (Å²) in [6.07, 6.45) is 14.0. The van der Waals surface area contributed by atoms with Crippen molar-refractivity contribution in [3.8, 4) is 0 Å². The van der Waals surface area contributed by atoms with Crippen molar-refractivity contribution >= 4 is 27.2 Å². The normalized spacial score (nSPS) is 48.6. The molecule has 22 unspecified atom stereocenters. The molecule has 0 bridgehead atoms. The molecule has 11 fully saturated rings. The molecule has 320 valence electrons. The van der Waals surface area contributed by atoms with Gasteiger partial charge in [0, 0.05) is 57.4 Å². The van der Waals surface area contributed by atoms with Crippen LogP contribution in [0.1, 0.15) is 87.2 Å². The molecule has 0 amide bonds. The Bertz CT molecular complexity index is 2130. The zero-order valence-corrected chi connectivity index (χ0v) is 37.4. The number of para-hydroxylation sites is 2. The number of ether oxygens (including phenoxy) is 4. The predicted octanol–water partition coefficient (Wildman–Crippen LogP) is 10.3. The van der Waals surface area contributed by atoms with Crippen LogP contribution in [0.4, 0.5) is 11.4 Å². The summed E-state index contributed by atoms with van der Waals surface area (Å²) in [5, 5.41) is 0. The van der Waals surface area contributed by atoms with Crippen molar-refractivity contribution in [1.29, 1.82) is 0 Å². The van der Waals surface area contributed by atoms with Crippen LogP contribution in [0, 0.1) is 0 Å². The van der Waals surface area contributed by atoms with Crippen LogP contribution in [0.3, 0.4) is 0 Å². The summed E-state index contributed by atoms with van der Waals surface area (Å²) in [5.41, 5.74) is 8.80. The molecular weight excluding hydrogens is 803 g/mol. The van der Waals surface area contributed by atoms with Crippen LogP contribution in [0.25, 0.3) is 0 Å². The van der Waals surface area contributed by atoms with Crippen molar-refractivity contribution in [2.24, 2.45) is 0 Å². The smallest absolute Gasteiger partial charge is 0.0877 e. The fourth-order valence-corrected chi connectivity index (χ4v) is 26.6. The van der Waals surface area contributed by atoms with E-state index in [0.29, 0.717) is 82.2 Å². The lowest BCUT2D eigenvalue weighted by Crippen LogP contribution is -2.85. The van der Waals surface area contributed by atoms with Crippen LogP contribution in [0.2, 0.25) is 0 Å². The van der Waals surface area contributed by atoms with Gasteiger partial charge in [0.1, 0.15) is 0 Å². The van der Waals surface area contributed by atoms with Gasteiger partial charge in [0.05, 0.1) is 60.9 Å². The summed E-state index contributed by atoms with van der Waals surface area (Å²) in [6, 6.07) is 47.9. The number of hydrogen-bond donors (Lipinski definition) is 0. The third-order valence-corrected chi connectivity index (χ3v) is 26.6. The lowest BCUT2D eigenvalue weighted by Gasteiger charge is -2.77. The highest BCUT2D eigenvalue weighted by Crippen LogP contribution is 2.78. The first kappa shape index (κ1) is 37.4. The first-order valence-corrected chi connectivity index (χ1v) is 27.8. The van der Waals surface area contributed by atoms with E-state index in [1.54, 1.807) is 0 Å². The highest BCUT2D eigenvalue weighted by Gasteiger charge is 2.76. The van der Waals surface area contributed by atoms with Crippen LogP contribution in [0.15, 0.2) is 121 Å². The largest absolute Gasteiger partial charge is 0.373 e. The van der Waals surface area contributed by atoms with Crippen molar-refractivity contribution in [3.63, 3.8) is 0 Å². The molecule has 6 heterocycles. The lowest BCUT2D eigenvalue weighted by molar-refractivity contribution is -0.171. The highest BCUT2D eigenvalue weighted by molar-refractivity contribution is 7.61. The SMILES string of the molecule is c1ccc(C2CC3OC4CCCC5C4P4C3C(C2)OC2C3C6C(OC7CC(c8ccccc8)CC8OC9CCCC(C9P6C87)N3c3ccccc3)C(C24)N5c2ccccc2)cc1. The molecule has 22 atom stereocenters. The zero-order chi connectivity index (χ0) is 40.2. The van der Waals surface area contributed by atoms with Crippen molar-refractivity contribution in [3.05, 3.63) is 132 Å². The van der Waals surface area contributed by atoms with E-state index in [-0.39, 0.29) is 36.6 Å². The highest BCUT2D eigenvalue weighted by atomic mass is 31.1. The number of rotatable bonds is 4. The van der Waals surface area contributed by atoms with Gasteiger partial charge in [-0.1, -0.05) is 113 Å². The lowest BCUT2D eigenvalue weighted by atomic mass is 9.74. The Kier molecular flexibility index (Phi) is 8.65. The molecule has 5 aliphatic carbocycles. The molecular formula is C54H60N2O4P2. The van der Waals surface area contributed by atoms with Gasteiger partial charge in [0.2, 0.25) is 0 Å². The first-order valence-electron chi connectivity index (χ1n) is 24.7. The van der Waals surface area contributed by atoms with E-state index in [1.807, 2.05) is 0 Å². The first-order chi connectivity index (χ1) is 30.8. The van der Waals surface area contributed by atoms with Gasteiger partial charge in [0.25, 0.3) is 0 Å². The van der Waals surface area contributed by atoms with Crippen molar-refractivity contribution < 1.29 is 18.9 Å². The topological polar surface area (TPSA) is 43.4 Å². The van der Waals surface area contributed by atoms with Gasteiger partial charge in [-0.15, -0.1) is 0 Å². The standard InChI is InChI=1S/C54H60N2O4P2/c1-5-15-31(16-6-1)33-27-41-51-43(29-33)59-47-45-54-48(46-53(47)61(51)49-37(23-13-25-39(49)57-41)56(46)36-21-11-4-12-22-36)60-44-30-34(32-17-7-2-8-18-32)28-42-52(44)62(54)50-38(24-14-26-40(50)58-42)55(45)35-19-9-3-10-20-35/h1-12,15-22,33-34,37-54H,13-14,23-30H2. The summed E-state index contributed by atoms with van der Waals surface area (Å²) in [4.78, 5) is 6.05. The second-order valence-electron chi connectivity index (χ2n) is 21.2. The zero-order valence-electron chi connectivity index (χ0n) is 35.6. The minimum Gasteiger partial charge on any atom is -0.373 e. The second kappa shape index (κ2) is 14.3. The summed E-state index contributed by atoms with van der Waals surface area (Å²) in [7, 11) is -0.862. The second-order valence-corrected chi connectivity index (χ2v) is 26.5. The molecule has 6 saturated heterocycles. The van der Waals surface area contributed by atoms with E-state index in [2.05, 4.69) is 131 Å². The average molecular weight is 863 g/mol. The number of nitrogens with zero attached hydrogens (tertiary/aromatic N) is 2. The monoisotopic (exact) mass is 862 g/mol. The summed E-state index contributed by atoms with van der Waals surface area (Å²) >= 11 is 0. The maximum absolute atomic E-state index is 8.25. The van der Waals surface area contributed by atoms with Crippen LogP contribution >= 0.6 is 15.8 Å². The molecule has 0 aromatic heterocycles. The third kappa shape index (κ3) is 5.26. The van der Waals surface area contributed by atoms with E-state index < -0.39 is 15.8 Å². The third-order valence-electron chi connectivity index (χ3n) is 18.6. The number of hydrogen-bond acceptors (Lipinski definition) is 6. The fraction of sp³-hybridized carbons (Fsp3) is 0.556. The van der Waals surface area contributed by atoms with Gasteiger partial charge in [-0.25, -0.2) is 0 Å². The predicted molar refractivity (Wildman–Crippen MR) is 249 cm³/mol. The Labute approximate surface area is 369 Å². The maximum atomic E-state index is 8.25. The molecule has 62 heavy (non-hydrogen) atoms. The Morgan fingerprint density at radius 1 is 0.371 bits per heavy atom. The molecule has 0 N–H and O–H groups in total. The number of anilines is 2. The molecule has 6 nitrogen and oxygen atoms in total. The molecule has 4 aromatic rings. The van der Waals surface area contributed by atoms with Gasteiger partial charge in [-0.2, -0.15) is 0 Å². The van der Waals surface area contributed by atoms with Crippen molar-refractivity contribution in [1.82, 2.24) is 0 Å².